The summed E-state index contributed by atoms with van der Waals surface area (Å²) >= 11 is 5.68. The third-order valence-corrected chi connectivity index (χ3v) is 3.41. The summed E-state index contributed by atoms with van der Waals surface area (Å²) in [5.41, 5.74) is 6.00. The molecule has 0 bridgehead atoms. The van der Waals surface area contributed by atoms with Crippen molar-refractivity contribution in [1.29, 1.82) is 0 Å². The highest BCUT2D eigenvalue weighted by Crippen LogP contribution is 2.30. The minimum Gasteiger partial charge on any atom is -0.324 e. The molecule has 112 valence electrons. The molecule has 0 aliphatic heterocycles. The second kappa shape index (κ2) is 6.03. The Kier molecular flexibility index (Phi) is 4.54. The molecule has 1 unspecified atom stereocenters. The predicted molar refractivity (Wildman–Crippen MR) is 73.5 cm³/mol. The van der Waals surface area contributed by atoms with E-state index in [1.807, 2.05) is 0 Å². The summed E-state index contributed by atoms with van der Waals surface area (Å²) in [7, 11) is 0. The van der Waals surface area contributed by atoms with Crippen molar-refractivity contribution < 1.29 is 17.6 Å². The van der Waals surface area contributed by atoms with Gasteiger partial charge in [0, 0.05) is 11.6 Å². The maximum absolute atomic E-state index is 13.8. The minimum absolute atomic E-state index is 0.0321. The normalized spacial score (nSPS) is 13.2. The lowest BCUT2D eigenvalue weighted by molar-refractivity contribution is -0.137. The Morgan fingerprint density at radius 3 is 2.24 bits per heavy atom. The van der Waals surface area contributed by atoms with Crippen LogP contribution in [0.15, 0.2) is 42.5 Å². The molecule has 0 radical (unpaired) electrons. The second-order valence-electron chi connectivity index (χ2n) is 4.65. The predicted octanol–water partition coefficient (Wildman–Crippen LogP) is 4.74. The SMILES string of the molecule is NC(Cc1ccc(C(F)(F)F)cc1)c1cccc(Cl)c1F. The quantitative estimate of drug-likeness (QED) is 0.813. The first-order chi connectivity index (χ1) is 9.79. The number of halogens is 5. The first-order valence-electron chi connectivity index (χ1n) is 6.14. The lowest BCUT2D eigenvalue weighted by Crippen LogP contribution is -2.15. The summed E-state index contributed by atoms with van der Waals surface area (Å²) in [4.78, 5) is 0. The fourth-order valence-corrected chi connectivity index (χ4v) is 2.18. The fourth-order valence-electron chi connectivity index (χ4n) is 2.00. The van der Waals surface area contributed by atoms with Gasteiger partial charge in [0.25, 0.3) is 0 Å². The topological polar surface area (TPSA) is 26.0 Å². The minimum atomic E-state index is -4.38. The largest absolute Gasteiger partial charge is 0.416 e. The van der Waals surface area contributed by atoms with E-state index in [2.05, 4.69) is 0 Å². The van der Waals surface area contributed by atoms with Gasteiger partial charge in [0.1, 0.15) is 5.82 Å². The molecule has 0 amide bonds. The van der Waals surface area contributed by atoms with Crippen LogP contribution in [0.3, 0.4) is 0 Å². The molecule has 0 aliphatic carbocycles. The van der Waals surface area contributed by atoms with Crippen LogP contribution in [0.25, 0.3) is 0 Å². The molecule has 0 fully saturated rings. The third kappa shape index (κ3) is 3.74. The van der Waals surface area contributed by atoms with Crippen LogP contribution in [0, 0.1) is 5.82 Å². The summed E-state index contributed by atoms with van der Waals surface area (Å²) in [5, 5.41) is -0.0321. The molecule has 21 heavy (non-hydrogen) atoms. The highest BCUT2D eigenvalue weighted by atomic mass is 35.5. The van der Waals surface area contributed by atoms with Crippen LogP contribution >= 0.6 is 11.6 Å². The molecular formula is C15H12ClF4N. The van der Waals surface area contributed by atoms with Crippen LogP contribution in [0.5, 0.6) is 0 Å². The zero-order valence-electron chi connectivity index (χ0n) is 10.8. The van der Waals surface area contributed by atoms with E-state index >= 15 is 0 Å². The molecule has 2 N–H and O–H groups in total. The summed E-state index contributed by atoms with van der Waals surface area (Å²) in [6.07, 6.45) is -4.16. The van der Waals surface area contributed by atoms with Crippen LogP contribution in [0.1, 0.15) is 22.7 Å². The van der Waals surface area contributed by atoms with Crippen molar-refractivity contribution in [2.45, 2.75) is 18.6 Å². The van der Waals surface area contributed by atoms with Gasteiger partial charge >= 0.3 is 6.18 Å². The molecule has 0 spiro atoms. The molecule has 6 heteroatoms. The van der Waals surface area contributed by atoms with Gasteiger partial charge in [0.15, 0.2) is 0 Å². The Morgan fingerprint density at radius 1 is 1.05 bits per heavy atom. The molecule has 0 aliphatic rings. The van der Waals surface area contributed by atoms with Gasteiger partial charge in [0.2, 0.25) is 0 Å². The third-order valence-electron chi connectivity index (χ3n) is 3.12. The zero-order valence-corrected chi connectivity index (χ0v) is 11.5. The van der Waals surface area contributed by atoms with Crippen molar-refractivity contribution in [2.24, 2.45) is 5.73 Å². The van der Waals surface area contributed by atoms with Crippen molar-refractivity contribution in [3.63, 3.8) is 0 Å². The van der Waals surface area contributed by atoms with E-state index in [4.69, 9.17) is 17.3 Å². The fraction of sp³-hybridized carbons (Fsp3) is 0.200. The Hall–Kier alpha value is -1.59. The molecule has 2 aromatic carbocycles. The molecule has 1 nitrogen and oxygen atoms in total. The van der Waals surface area contributed by atoms with Gasteiger partial charge in [-0.15, -0.1) is 0 Å². The Labute approximate surface area is 124 Å². The zero-order chi connectivity index (χ0) is 15.6. The average Bonchev–Trinajstić information content (AvgIpc) is 2.41. The monoisotopic (exact) mass is 317 g/mol. The number of nitrogens with two attached hydrogens (primary N) is 1. The number of hydrogen-bond donors (Lipinski definition) is 1. The van der Waals surface area contributed by atoms with E-state index in [-0.39, 0.29) is 17.0 Å². The highest BCUT2D eigenvalue weighted by Gasteiger charge is 2.30. The Bertz CT molecular complexity index is 623. The van der Waals surface area contributed by atoms with Gasteiger partial charge < -0.3 is 5.73 Å². The van der Waals surface area contributed by atoms with E-state index in [0.29, 0.717) is 5.56 Å². The van der Waals surface area contributed by atoms with Crippen LogP contribution in [0.2, 0.25) is 5.02 Å². The molecular weight excluding hydrogens is 306 g/mol. The van der Waals surface area contributed by atoms with E-state index in [0.717, 1.165) is 12.1 Å². The van der Waals surface area contributed by atoms with Crippen molar-refractivity contribution in [2.75, 3.05) is 0 Å². The van der Waals surface area contributed by atoms with Crippen molar-refractivity contribution in [3.8, 4) is 0 Å². The van der Waals surface area contributed by atoms with Gasteiger partial charge in [0.05, 0.1) is 10.6 Å². The number of alkyl halides is 3. The van der Waals surface area contributed by atoms with Gasteiger partial charge in [-0.25, -0.2) is 4.39 Å². The van der Waals surface area contributed by atoms with Gasteiger partial charge in [-0.1, -0.05) is 35.9 Å². The number of benzene rings is 2. The highest BCUT2D eigenvalue weighted by molar-refractivity contribution is 6.30. The van der Waals surface area contributed by atoms with Gasteiger partial charge in [-0.05, 0) is 30.2 Å². The van der Waals surface area contributed by atoms with E-state index in [1.54, 1.807) is 6.07 Å². The summed E-state index contributed by atoms with van der Waals surface area (Å²) in [6.45, 7) is 0. The van der Waals surface area contributed by atoms with E-state index < -0.39 is 23.6 Å². The maximum Gasteiger partial charge on any atom is 0.416 e. The average molecular weight is 318 g/mol. The van der Waals surface area contributed by atoms with Crippen LogP contribution in [0.4, 0.5) is 17.6 Å². The van der Waals surface area contributed by atoms with E-state index in [9.17, 15) is 17.6 Å². The molecule has 1 atom stereocenters. The molecule has 0 heterocycles. The summed E-state index contributed by atoms with van der Waals surface area (Å²) < 4.78 is 51.2. The maximum atomic E-state index is 13.8. The lowest BCUT2D eigenvalue weighted by Gasteiger charge is -2.14. The van der Waals surface area contributed by atoms with Gasteiger partial charge in [-0.2, -0.15) is 13.2 Å². The van der Waals surface area contributed by atoms with Crippen molar-refractivity contribution >= 4 is 11.6 Å². The summed E-state index contributed by atoms with van der Waals surface area (Å²) in [6, 6.07) is 8.46. The lowest BCUT2D eigenvalue weighted by atomic mass is 9.98. The summed E-state index contributed by atoms with van der Waals surface area (Å²) in [5.74, 6) is -0.599. The van der Waals surface area contributed by atoms with E-state index in [1.165, 1.54) is 24.3 Å². The van der Waals surface area contributed by atoms with Crippen molar-refractivity contribution in [1.82, 2.24) is 0 Å². The molecule has 0 aromatic heterocycles. The number of rotatable bonds is 3. The van der Waals surface area contributed by atoms with Crippen LogP contribution < -0.4 is 5.73 Å². The Morgan fingerprint density at radius 2 is 1.67 bits per heavy atom. The first kappa shape index (κ1) is 15.8. The smallest absolute Gasteiger partial charge is 0.324 e. The van der Waals surface area contributed by atoms with Crippen LogP contribution in [-0.2, 0) is 12.6 Å². The first-order valence-corrected chi connectivity index (χ1v) is 6.52. The molecule has 2 rings (SSSR count). The van der Waals surface area contributed by atoms with Crippen molar-refractivity contribution in [3.05, 3.63) is 70.0 Å². The number of hydrogen-bond acceptors (Lipinski definition) is 1. The molecule has 2 aromatic rings. The standard InChI is InChI=1S/C15H12ClF4N/c16-12-3-1-2-11(14(12)17)13(21)8-9-4-6-10(7-5-9)15(18,19)20/h1-7,13H,8,21H2. The molecule has 0 saturated carbocycles. The molecule has 0 saturated heterocycles. The second-order valence-corrected chi connectivity index (χ2v) is 5.06. The van der Waals surface area contributed by atoms with Gasteiger partial charge in [-0.3, -0.25) is 0 Å². The van der Waals surface area contributed by atoms with Crippen LogP contribution in [-0.4, -0.2) is 0 Å². The Balaban J connectivity index is 2.16.